The Bertz CT molecular complexity index is 939. The number of carbonyl (C=O) groups is 2. The maximum absolute atomic E-state index is 12.4. The SMILES string of the molecule is CCCCCCCCCCCCCCCCCC(=O)OCCCCCCCCCCCC/C=C\CCCCCCCCCC(=O)NC(CO)C(O)CCCCCCCCCCCC. The highest BCUT2D eigenvalue weighted by Gasteiger charge is 2.20. The lowest BCUT2D eigenvalue weighted by molar-refractivity contribution is -0.143. The van der Waals surface area contributed by atoms with E-state index in [-0.39, 0.29) is 18.5 Å². The van der Waals surface area contributed by atoms with Gasteiger partial charge in [-0.1, -0.05) is 264 Å². The van der Waals surface area contributed by atoms with Gasteiger partial charge in [0.25, 0.3) is 0 Å². The number of allylic oxidation sites excluding steroid dienone is 2. The Morgan fingerprint density at radius 3 is 1.13 bits per heavy atom. The van der Waals surface area contributed by atoms with Crippen molar-refractivity contribution in [2.75, 3.05) is 13.2 Å². The van der Waals surface area contributed by atoms with Gasteiger partial charge >= 0.3 is 5.97 Å². The molecule has 0 aromatic rings. The number of hydrogen-bond acceptors (Lipinski definition) is 5. The van der Waals surface area contributed by atoms with E-state index >= 15 is 0 Å². The van der Waals surface area contributed by atoms with Crippen molar-refractivity contribution in [1.82, 2.24) is 5.32 Å². The lowest BCUT2D eigenvalue weighted by atomic mass is 10.0. The lowest BCUT2D eigenvalue weighted by Crippen LogP contribution is -2.45. The van der Waals surface area contributed by atoms with Crippen molar-refractivity contribution < 1.29 is 24.5 Å². The highest BCUT2D eigenvalue weighted by Crippen LogP contribution is 2.17. The second-order valence-corrected chi connectivity index (χ2v) is 19.6. The van der Waals surface area contributed by atoms with Gasteiger partial charge in [0.05, 0.1) is 25.4 Å². The van der Waals surface area contributed by atoms with Gasteiger partial charge in [-0.25, -0.2) is 0 Å². The minimum Gasteiger partial charge on any atom is -0.466 e. The molecule has 2 unspecified atom stereocenters. The maximum atomic E-state index is 12.4. The Morgan fingerprint density at radius 2 is 0.746 bits per heavy atom. The molecule has 63 heavy (non-hydrogen) atoms. The summed E-state index contributed by atoms with van der Waals surface area (Å²) in [6, 6.07) is -0.544. The summed E-state index contributed by atoms with van der Waals surface area (Å²) in [7, 11) is 0. The fourth-order valence-electron chi connectivity index (χ4n) is 8.93. The molecule has 0 saturated heterocycles. The molecule has 1 amide bonds. The van der Waals surface area contributed by atoms with Crippen molar-refractivity contribution in [3.05, 3.63) is 12.2 Å². The van der Waals surface area contributed by atoms with E-state index in [1.165, 1.54) is 244 Å². The number of aliphatic hydroxyl groups excluding tert-OH is 2. The average Bonchev–Trinajstić information content (AvgIpc) is 3.28. The number of ether oxygens (including phenoxy) is 1. The van der Waals surface area contributed by atoms with E-state index in [2.05, 4.69) is 31.3 Å². The first-order chi connectivity index (χ1) is 31.0. The number of unbranched alkanes of at least 4 members (excludes halogenated alkanes) is 40. The van der Waals surface area contributed by atoms with Crippen LogP contribution < -0.4 is 5.32 Å². The molecule has 0 aliphatic rings. The Hall–Kier alpha value is -1.40. The second kappa shape index (κ2) is 53.2. The molecule has 2 atom stereocenters. The summed E-state index contributed by atoms with van der Waals surface area (Å²) in [4.78, 5) is 24.5. The molecule has 6 nitrogen and oxygen atoms in total. The predicted molar refractivity (Wildman–Crippen MR) is 273 cm³/mol. The Kier molecular flexibility index (Phi) is 52.0. The first-order valence-corrected chi connectivity index (χ1v) is 28.4. The number of aliphatic hydroxyl groups is 2. The standard InChI is InChI=1S/C57H111NO5/c1-3-5-7-9-11-13-15-16-24-28-31-35-39-43-47-51-57(62)63-52-48-44-40-36-32-29-26-23-21-19-17-18-20-22-25-27-30-34-38-42-46-50-56(61)58-54(53-59)55(60)49-45-41-37-33-14-12-10-8-6-4-2/h18,20,54-55,59-60H,3-17,19,21-53H2,1-2H3,(H,58,61)/b20-18-. The largest absolute Gasteiger partial charge is 0.466 e. The quantitative estimate of drug-likeness (QED) is 0.0321. The van der Waals surface area contributed by atoms with E-state index in [4.69, 9.17) is 4.74 Å². The zero-order chi connectivity index (χ0) is 45.8. The van der Waals surface area contributed by atoms with Crippen LogP contribution >= 0.6 is 0 Å². The first-order valence-electron chi connectivity index (χ1n) is 28.4. The normalized spacial score (nSPS) is 12.6. The van der Waals surface area contributed by atoms with Crippen LogP contribution in [0.4, 0.5) is 0 Å². The van der Waals surface area contributed by atoms with E-state index in [9.17, 15) is 19.8 Å². The first kappa shape index (κ1) is 61.6. The monoisotopic (exact) mass is 890 g/mol. The van der Waals surface area contributed by atoms with Gasteiger partial charge in [0, 0.05) is 12.8 Å². The number of esters is 1. The Labute approximate surface area is 393 Å². The molecule has 0 radical (unpaired) electrons. The summed E-state index contributed by atoms with van der Waals surface area (Å²) >= 11 is 0. The molecule has 6 heteroatoms. The molecule has 0 fully saturated rings. The molecule has 374 valence electrons. The van der Waals surface area contributed by atoms with Crippen LogP contribution in [0, 0.1) is 0 Å². The van der Waals surface area contributed by atoms with E-state index in [0.717, 1.165) is 38.5 Å². The number of hydrogen-bond donors (Lipinski definition) is 3. The molecular weight excluding hydrogens is 779 g/mol. The van der Waals surface area contributed by atoms with Crippen molar-refractivity contribution in [2.45, 2.75) is 328 Å². The van der Waals surface area contributed by atoms with Crippen LogP contribution in [0.2, 0.25) is 0 Å². The summed E-state index contributed by atoms with van der Waals surface area (Å²) in [6.07, 6.45) is 62.1. The molecule has 0 spiro atoms. The average molecular weight is 891 g/mol. The van der Waals surface area contributed by atoms with Crippen LogP contribution in [0.15, 0.2) is 12.2 Å². The maximum Gasteiger partial charge on any atom is 0.305 e. The zero-order valence-electron chi connectivity index (χ0n) is 42.6. The van der Waals surface area contributed by atoms with Gasteiger partial charge in [0.2, 0.25) is 5.91 Å². The number of nitrogens with one attached hydrogen (secondary N) is 1. The topological polar surface area (TPSA) is 95.9 Å². The Balaban J connectivity index is 3.38. The third-order valence-electron chi connectivity index (χ3n) is 13.3. The van der Waals surface area contributed by atoms with Gasteiger partial charge in [-0.15, -0.1) is 0 Å². The highest BCUT2D eigenvalue weighted by atomic mass is 16.5. The molecule has 0 aromatic heterocycles. The van der Waals surface area contributed by atoms with E-state index in [0.29, 0.717) is 25.9 Å². The van der Waals surface area contributed by atoms with Crippen LogP contribution in [0.25, 0.3) is 0 Å². The highest BCUT2D eigenvalue weighted by molar-refractivity contribution is 5.76. The molecule has 3 N–H and O–H groups in total. The lowest BCUT2D eigenvalue weighted by Gasteiger charge is -2.22. The van der Waals surface area contributed by atoms with Crippen molar-refractivity contribution in [3.8, 4) is 0 Å². The van der Waals surface area contributed by atoms with E-state index < -0.39 is 12.1 Å². The zero-order valence-corrected chi connectivity index (χ0v) is 42.6. The van der Waals surface area contributed by atoms with E-state index in [1.807, 2.05) is 0 Å². The van der Waals surface area contributed by atoms with Gasteiger partial charge in [0.1, 0.15) is 0 Å². The van der Waals surface area contributed by atoms with Gasteiger partial charge in [-0.2, -0.15) is 0 Å². The molecule has 0 rings (SSSR count). The van der Waals surface area contributed by atoms with Crippen molar-refractivity contribution in [1.29, 1.82) is 0 Å². The third kappa shape index (κ3) is 49.9. The number of amides is 1. The summed E-state index contributed by atoms with van der Waals surface area (Å²) < 4.78 is 5.48. The van der Waals surface area contributed by atoms with Crippen molar-refractivity contribution >= 4 is 11.9 Å². The van der Waals surface area contributed by atoms with Gasteiger partial charge in [0.15, 0.2) is 0 Å². The molecule has 0 heterocycles. The second-order valence-electron chi connectivity index (χ2n) is 19.6. The smallest absolute Gasteiger partial charge is 0.305 e. The molecule has 0 aromatic carbocycles. The van der Waals surface area contributed by atoms with Crippen LogP contribution in [0.3, 0.4) is 0 Å². The molecular formula is C57H111NO5. The third-order valence-corrected chi connectivity index (χ3v) is 13.3. The van der Waals surface area contributed by atoms with Crippen molar-refractivity contribution in [2.24, 2.45) is 0 Å². The van der Waals surface area contributed by atoms with Crippen LogP contribution in [0.5, 0.6) is 0 Å². The van der Waals surface area contributed by atoms with Gasteiger partial charge in [-0.3, -0.25) is 9.59 Å². The van der Waals surface area contributed by atoms with Crippen LogP contribution in [-0.2, 0) is 14.3 Å². The molecule has 0 aliphatic carbocycles. The van der Waals surface area contributed by atoms with Crippen LogP contribution in [0.1, 0.15) is 316 Å². The predicted octanol–water partition coefficient (Wildman–Crippen LogP) is 17.3. The summed E-state index contributed by atoms with van der Waals surface area (Å²) in [5.74, 6) is -0.0322. The van der Waals surface area contributed by atoms with Gasteiger partial charge < -0.3 is 20.3 Å². The van der Waals surface area contributed by atoms with E-state index in [1.54, 1.807) is 0 Å². The number of rotatable bonds is 53. The summed E-state index contributed by atoms with van der Waals surface area (Å²) in [5.41, 5.74) is 0. The molecule has 0 saturated carbocycles. The van der Waals surface area contributed by atoms with Crippen LogP contribution in [-0.4, -0.2) is 47.4 Å². The summed E-state index contributed by atoms with van der Waals surface area (Å²) in [6.45, 7) is 4.95. The van der Waals surface area contributed by atoms with Gasteiger partial charge in [-0.05, 0) is 51.4 Å². The summed E-state index contributed by atoms with van der Waals surface area (Å²) in [5, 5.41) is 23.1. The fourth-order valence-corrected chi connectivity index (χ4v) is 8.93. The van der Waals surface area contributed by atoms with Crippen molar-refractivity contribution in [3.63, 3.8) is 0 Å². The molecule has 0 aliphatic heterocycles. The minimum absolute atomic E-state index is 0.0113. The molecule has 0 bridgehead atoms. The number of carbonyl (C=O) groups excluding carboxylic acids is 2. The fraction of sp³-hybridized carbons (Fsp3) is 0.930. The Morgan fingerprint density at radius 1 is 0.429 bits per heavy atom. The minimum atomic E-state index is -0.666.